The van der Waals surface area contributed by atoms with Crippen molar-refractivity contribution in [2.45, 2.75) is 96.9 Å². The summed E-state index contributed by atoms with van der Waals surface area (Å²) in [6.45, 7) is 14.7. The zero-order chi connectivity index (χ0) is 20.5. The Balaban J connectivity index is 0.000000298. The Hall–Kier alpha value is -0.0300. The Morgan fingerprint density at radius 3 is 0.808 bits per heavy atom. The quantitative estimate of drug-likeness (QED) is 0.249. The Labute approximate surface area is 152 Å². The first-order valence-corrected chi connectivity index (χ1v) is 11.6. The number of rotatable bonds is 3. The van der Waals surface area contributed by atoms with Crippen LogP contribution in [0.4, 0.5) is 25.2 Å². The fourth-order valence-electron chi connectivity index (χ4n) is 5.91. The van der Waals surface area contributed by atoms with Crippen molar-refractivity contribution >= 4 is 7.81 Å². The molecule has 0 atom stereocenters. The first-order valence-electron chi connectivity index (χ1n) is 9.58. The van der Waals surface area contributed by atoms with Gasteiger partial charge in [0.1, 0.15) is 0 Å². The summed E-state index contributed by atoms with van der Waals surface area (Å²) in [6.07, 6.45) is 8.51. The van der Waals surface area contributed by atoms with Crippen LogP contribution in [0.1, 0.15) is 80.1 Å². The van der Waals surface area contributed by atoms with Crippen LogP contribution in [0.2, 0.25) is 0 Å². The van der Waals surface area contributed by atoms with Crippen molar-refractivity contribution < 1.29 is 29.5 Å². The van der Waals surface area contributed by atoms with Crippen molar-refractivity contribution in [1.82, 2.24) is 0 Å². The molecule has 3 aliphatic heterocycles. The first kappa shape index (κ1) is 22.3. The standard InChI is InChI=1S/C18H33O.F6P/c1-13(2)16-7-9-17(14(3)4)11-12-18(10-8-16,15(5)6)19(16)17;1-7(2,3,4,5)6/h13-15H,7-12H2,1-6H3;/q+1;-1. The minimum absolute atomic E-state index is 0.449. The van der Waals surface area contributed by atoms with Crippen molar-refractivity contribution in [3.8, 4) is 0 Å². The Morgan fingerprint density at radius 2 is 0.692 bits per heavy atom. The van der Waals surface area contributed by atoms with Crippen LogP contribution < -0.4 is 0 Å². The molecule has 0 bridgehead atoms. The summed E-state index contributed by atoms with van der Waals surface area (Å²) in [4.78, 5) is 0. The van der Waals surface area contributed by atoms with Gasteiger partial charge >= 0.3 is 33.0 Å². The number of hydrogen-bond acceptors (Lipinski definition) is 0. The van der Waals surface area contributed by atoms with Crippen LogP contribution in [0.3, 0.4) is 0 Å². The van der Waals surface area contributed by atoms with Gasteiger partial charge in [-0.25, -0.2) is 0 Å². The fourth-order valence-corrected chi connectivity index (χ4v) is 5.91. The number of hydrogen-bond donors (Lipinski definition) is 0. The van der Waals surface area contributed by atoms with Crippen LogP contribution in [0, 0.1) is 17.8 Å². The molecule has 0 unspecified atom stereocenters. The van der Waals surface area contributed by atoms with Crippen molar-refractivity contribution in [3.05, 3.63) is 0 Å². The average molecular weight is 410 g/mol. The molecule has 26 heavy (non-hydrogen) atoms. The molecule has 3 fully saturated rings. The molecule has 0 radical (unpaired) electrons. The summed E-state index contributed by atoms with van der Waals surface area (Å²) in [5.74, 6) is 2.32. The van der Waals surface area contributed by atoms with E-state index in [1.54, 1.807) is 0 Å². The second-order valence-electron chi connectivity index (χ2n) is 9.42. The maximum absolute atomic E-state index is 10.7. The van der Waals surface area contributed by atoms with Gasteiger partial charge in [0.15, 0.2) is 16.8 Å². The zero-order valence-corrected chi connectivity index (χ0v) is 17.5. The van der Waals surface area contributed by atoms with Crippen LogP contribution in [0.15, 0.2) is 0 Å². The van der Waals surface area contributed by atoms with Crippen LogP contribution in [0.5, 0.6) is 0 Å². The van der Waals surface area contributed by atoms with Gasteiger partial charge in [0.05, 0.1) is 0 Å². The fraction of sp³-hybridized carbons (Fsp3) is 1.00. The van der Waals surface area contributed by atoms with E-state index >= 15 is 0 Å². The summed E-state index contributed by atoms with van der Waals surface area (Å²) in [5, 5.41) is 0. The third-order valence-corrected chi connectivity index (χ3v) is 7.29. The van der Waals surface area contributed by atoms with Crippen LogP contribution in [0.25, 0.3) is 0 Å². The normalized spacial score (nSPS) is 39.8. The topological polar surface area (TPSA) is 2.70 Å². The molecular weight excluding hydrogens is 377 g/mol. The van der Waals surface area contributed by atoms with Gasteiger partial charge in [-0.15, -0.1) is 0 Å². The van der Waals surface area contributed by atoms with Crippen molar-refractivity contribution in [3.63, 3.8) is 0 Å². The second kappa shape index (κ2) is 5.52. The molecule has 0 saturated carbocycles. The summed E-state index contributed by atoms with van der Waals surface area (Å²) < 4.78 is 63.4. The molecular formula is C18H33F6OP. The number of halogens is 6. The van der Waals surface area contributed by atoms with Crippen molar-refractivity contribution in [2.24, 2.45) is 17.8 Å². The summed E-state index contributed by atoms with van der Waals surface area (Å²) in [5.41, 5.74) is 1.35. The monoisotopic (exact) mass is 410 g/mol. The second-order valence-corrected chi connectivity index (χ2v) is 11.3. The van der Waals surface area contributed by atoms with Gasteiger partial charge in [-0.2, -0.15) is 0 Å². The van der Waals surface area contributed by atoms with Crippen molar-refractivity contribution in [1.29, 1.82) is 0 Å². The predicted octanol–water partition coefficient (Wildman–Crippen LogP) is 8.49. The van der Waals surface area contributed by atoms with E-state index in [0.717, 1.165) is 17.8 Å². The van der Waals surface area contributed by atoms with E-state index < -0.39 is 7.81 Å². The Bertz CT molecular complexity index is 471. The molecule has 3 heterocycles. The Kier molecular flexibility index (Phi) is 4.73. The van der Waals surface area contributed by atoms with Gasteiger partial charge in [0, 0.05) is 56.3 Å². The van der Waals surface area contributed by atoms with E-state index in [-0.39, 0.29) is 0 Å². The molecule has 3 aliphatic rings. The van der Waals surface area contributed by atoms with Gasteiger partial charge < -0.3 is 4.37 Å². The van der Waals surface area contributed by atoms with Crippen LogP contribution in [-0.2, 0) is 4.37 Å². The van der Waals surface area contributed by atoms with E-state index in [0.29, 0.717) is 16.8 Å². The maximum atomic E-state index is 9.87. The zero-order valence-electron chi connectivity index (χ0n) is 16.6. The molecule has 0 amide bonds. The van der Waals surface area contributed by atoms with E-state index in [2.05, 4.69) is 45.9 Å². The van der Waals surface area contributed by atoms with E-state index in [1.165, 1.54) is 38.5 Å². The SMILES string of the molecule is CC(C)C12CCC3(C(C)C)CCC(C(C)C)(CC1)[O+]23.F[P-](F)(F)(F)(F)F. The molecule has 0 aromatic heterocycles. The van der Waals surface area contributed by atoms with E-state index in [1.807, 2.05) is 0 Å². The summed E-state index contributed by atoms with van der Waals surface area (Å²) in [6, 6.07) is 0. The summed E-state index contributed by atoms with van der Waals surface area (Å²) >= 11 is 0. The molecule has 0 N–H and O–H groups in total. The minimum atomic E-state index is -10.7. The van der Waals surface area contributed by atoms with Crippen LogP contribution >= 0.6 is 7.81 Å². The van der Waals surface area contributed by atoms with Gasteiger partial charge in [0.2, 0.25) is 0 Å². The molecule has 0 spiro atoms. The first-order chi connectivity index (χ1) is 11.3. The third-order valence-electron chi connectivity index (χ3n) is 7.29. The third kappa shape index (κ3) is 3.90. The molecule has 3 rings (SSSR count). The van der Waals surface area contributed by atoms with Gasteiger partial charge in [-0.05, 0) is 0 Å². The Morgan fingerprint density at radius 1 is 0.538 bits per heavy atom. The molecule has 0 aromatic rings. The van der Waals surface area contributed by atoms with Gasteiger partial charge in [0.25, 0.3) is 0 Å². The molecule has 8 heteroatoms. The predicted molar refractivity (Wildman–Crippen MR) is 95.1 cm³/mol. The van der Waals surface area contributed by atoms with Crippen molar-refractivity contribution in [2.75, 3.05) is 0 Å². The molecule has 158 valence electrons. The van der Waals surface area contributed by atoms with E-state index in [4.69, 9.17) is 0 Å². The van der Waals surface area contributed by atoms with Gasteiger partial charge in [-0.3, -0.25) is 0 Å². The summed E-state index contributed by atoms with van der Waals surface area (Å²) in [7, 11) is -10.7. The molecule has 3 saturated heterocycles. The van der Waals surface area contributed by atoms with Crippen LogP contribution in [-0.4, -0.2) is 16.8 Å². The van der Waals surface area contributed by atoms with E-state index in [9.17, 15) is 25.2 Å². The molecule has 1 nitrogen and oxygen atoms in total. The molecule has 0 aliphatic carbocycles. The molecule has 0 aromatic carbocycles. The average Bonchev–Trinajstić information content (AvgIpc) is 3.01. The van der Waals surface area contributed by atoms with Gasteiger partial charge in [-0.1, -0.05) is 41.5 Å².